The summed E-state index contributed by atoms with van der Waals surface area (Å²) in [6.07, 6.45) is 2.50. The first-order valence-electron chi connectivity index (χ1n) is 15.3. The number of urea groups is 1. The van der Waals surface area contributed by atoms with Gasteiger partial charge in [0.25, 0.3) is 0 Å². The number of carbonyl (C=O) groups is 2. The van der Waals surface area contributed by atoms with E-state index in [2.05, 4.69) is 26.7 Å². The summed E-state index contributed by atoms with van der Waals surface area (Å²) in [6, 6.07) is 12.3. The highest BCUT2D eigenvalue weighted by Crippen LogP contribution is 2.42. The zero-order chi connectivity index (χ0) is 31.0. The highest BCUT2D eigenvalue weighted by Gasteiger charge is 2.42. The molecule has 3 aromatic rings. The van der Waals surface area contributed by atoms with Gasteiger partial charge in [-0.25, -0.2) is 14.8 Å². The van der Waals surface area contributed by atoms with E-state index in [4.69, 9.17) is 4.98 Å². The van der Waals surface area contributed by atoms with Crippen LogP contribution in [0.25, 0.3) is 0 Å². The molecule has 234 valence electrons. The van der Waals surface area contributed by atoms with Gasteiger partial charge in [0.05, 0.1) is 24.1 Å². The molecule has 3 aliphatic heterocycles. The minimum absolute atomic E-state index is 0.0918. The van der Waals surface area contributed by atoms with Crippen LogP contribution in [-0.2, 0) is 23.9 Å². The maximum absolute atomic E-state index is 13.3. The lowest BCUT2D eigenvalue weighted by Gasteiger charge is -2.41. The Labute approximate surface area is 255 Å². The molecular formula is C32H38F3N7O2. The number of rotatable bonds is 7. The van der Waals surface area contributed by atoms with E-state index >= 15 is 0 Å². The third kappa shape index (κ3) is 6.17. The average molecular weight is 610 g/mol. The van der Waals surface area contributed by atoms with E-state index in [1.165, 1.54) is 11.8 Å². The topological polar surface area (TPSA) is 86.6 Å². The molecule has 6 rings (SSSR count). The minimum atomic E-state index is -4.54. The number of nitrogens with zero attached hydrogens (tertiary/aromatic N) is 6. The molecule has 1 N–H and O–H groups in total. The van der Waals surface area contributed by atoms with Gasteiger partial charge in [-0.05, 0) is 63.3 Å². The summed E-state index contributed by atoms with van der Waals surface area (Å²) < 4.78 is 41.2. The number of aryl methyl sites for hydroxylation is 1. The zero-order valence-corrected chi connectivity index (χ0v) is 25.1. The molecule has 0 aliphatic carbocycles. The van der Waals surface area contributed by atoms with E-state index in [9.17, 15) is 22.8 Å². The highest BCUT2D eigenvalue weighted by molar-refractivity contribution is 6.01. The Hall–Kier alpha value is -3.93. The predicted octanol–water partition coefficient (Wildman–Crippen LogP) is 5.81. The van der Waals surface area contributed by atoms with Crippen LogP contribution >= 0.6 is 0 Å². The molecule has 44 heavy (non-hydrogen) atoms. The van der Waals surface area contributed by atoms with Crippen molar-refractivity contribution in [3.8, 4) is 0 Å². The monoisotopic (exact) mass is 609 g/mol. The van der Waals surface area contributed by atoms with Crippen LogP contribution in [-0.4, -0.2) is 68.0 Å². The highest BCUT2D eigenvalue weighted by atomic mass is 19.4. The van der Waals surface area contributed by atoms with Crippen LogP contribution in [0.5, 0.6) is 0 Å². The molecule has 1 aromatic carbocycles. The Bertz CT molecular complexity index is 1480. The standard InChI is InChI=1S/C32H38F3N7O2/c1-21-37-28-20-39(22(2)43)16-13-29(28)42(21)27-17-25-10-11-26(18-27)40(25)14-6-15-41(24-7-4-3-5-8-24)31(44)38-23-9-12-30(36-19-23)32(33,34)35/h3-5,7-9,12,19,25-27H,6,10-11,13-18,20H2,1-2H3,(H,38,44)/t25-,26?,27?/m1/s1. The second-order valence-corrected chi connectivity index (χ2v) is 12.1. The minimum Gasteiger partial charge on any atom is -0.337 e. The summed E-state index contributed by atoms with van der Waals surface area (Å²) in [4.78, 5) is 39.7. The molecule has 3 atom stereocenters. The van der Waals surface area contributed by atoms with Crippen LogP contribution in [0.4, 0.5) is 29.3 Å². The van der Waals surface area contributed by atoms with Gasteiger partial charge < -0.3 is 14.8 Å². The maximum Gasteiger partial charge on any atom is 0.433 e. The van der Waals surface area contributed by atoms with Crippen molar-refractivity contribution < 1.29 is 22.8 Å². The maximum atomic E-state index is 13.3. The lowest BCUT2D eigenvalue weighted by molar-refractivity contribution is -0.141. The molecule has 9 nitrogen and oxygen atoms in total. The number of benzene rings is 1. The second-order valence-electron chi connectivity index (χ2n) is 12.1. The van der Waals surface area contributed by atoms with Crippen molar-refractivity contribution >= 4 is 23.3 Å². The van der Waals surface area contributed by atoms with Crippen molar-refractivity contribution in [2.45, 2.75) is 83.2 Å². The number of carbonyl (C=O) groups excluding carboxylic acids is 2. The molecule has 3 amide bonds. The number of hydrogen-bond acceptors (Lipinski definition) is 5. The quantitative estimate of drug-likeness (QED) is 0.366. The Morgan fingerprint density at radius 1 is 1.05 bits per heavy atom. The number of hydrogen-bond donors (Lipinski definition) is 1. The lowest BCUT2D eigenvalue weighted by Crippen LogP contribution is -2.45. The van der Waals surface area contributed by atoms with Gasteiger partial charge in [0.2, 0.25) is 5.91 Å². The fraction of sp³-hybridized carbons (Fsp3) is 0.500. The van der Waals surface area contributed by atoms with E-state index < -0.39 is 17.9 Å². The van der Waals surface area contributed by atoms with Gasteiger partial charge in [-0.2, -0.15) is 13.2 Å². The zero-order valence-electron chi connectivity index (χ0n) is 25.1. The molecule has 12 heteroatoms. The Balaban J connectivity index is 1.09. The van der Waals surface area contributed by atoms with Gasteiger partial charge in [-0.3, -0.25) is 14.6 Å². The van der Waals surface area contributed by atoms with Gasteiger partial charge in [-0.1, -0.05) is 18.2 Å². The third-order valence-corrected chi connectivity index (χ3v) is 9.31. The summed E-state index contributed by atoms with van der Waals surface area (Å²) in [5, 5.41) is 2.71. The fourth-order valence-electron chi connectivity index (χ4n) is 7.31. The smallest absolute Gasteiger partial charge is 0.337 e. The van der Waals surface area contributed by atoms with Gasteiger partial charge in [-0.15, -0.1) is 0 Å². The molecule has 2 aromatic heterocycles. The largest absolute Gasteiger partial charge is 0.433 e. The number of para-hydroxylation sites is 1. The molecular weight excluding hydrogens is 571 g/mol. The number of pyridine rings is 1. The van der Waals surface area contributed by atoms with Crippen LogP contribution < -0.4 is 10.2 Å². The molecule has 2 bridgehead atoms. The number of amides is 3. The van der Waals surface area contributed by atoms with Crippen LogP contribution in [0, 0.1) is 6.92 Å². The lowest BCUT2D eigenvalue weighted by atomic mass is 9.95. The van der Waals surface area contributed by atoms with Crippen molar-refractivity contribution in [2.75, 3.05) is 29.9 Å². The van der Waals surface area contributed by atoms with Gasteiger partial charge in [0.15, 0.2) is 0 Å². The Morgan fingerprint density at radius 3 is 2.41 bits per heavy atom. The van der Waals surface area contributed by atoms with Gasteiger partial charge in [0, 0.05) is 62.5 Å². The SMILES string of the molecule is CC(=O)N1CCc2c(nc(C)n2C2CC3CC[C@H](C2)N3CCCN(C(=O)Nc2ccc(C(F)(F)F)nc2)c2ccccc2)C1. The van der Waals surface area contributed by atoms with Gasteiger partial charge >= 0.3 is 12.2 Å². The molecule has 0 radical (unpaired) electrons. The molecule has 0 spiro atoms. The number of imidazole rings is 1. The van der Waals surface area contributed by atoms with E-state index in [0.29, 0.717) is 31.2 Å². The predicted molar refractivity (Wildman–Crippen MR) is 160 cm³/mol. The molecule has 3 aliphatic rings. The molecule has 0 saturated carbocycles. The number of aromatic nitrogens is 3. The van der Waals surface area contributed by atoms with Crippen LogP contribution in [0.1, 0.15) is 68.0 Å². The summed E-state index contributed by atoms with van der Waals surface area (Å²) in [5.74, 6) is 1.13. The van der Waals surface area contributed by atoms with E-state index in [1.54, 1.807) is 11.8 Å². The first-order chi connectivity index (χ1) is 21.1. The van der Waals surface area contributed by atoms with E-state index in [0.717, 1.165) is 81.1 Å². The fourth-order valence-corrected chi connectivity index (χ4v) is 7.31. The number of fused-ring (bicyclic) bond motifs is 3. The molecule has 2 unspecified atom stereocenters. The summed E-state index contributed by atoms with van der Waals surface area (Å²) in [5.41, 5.74) is 2.23. The first kappa shape index (κ1) is 30.1. The van der Waals surface area contributed by atoms with Gasteiger partial charge in [0.1, 0.15) is 11.5 Å². The first-order valence-corrected chi connectivity index (χ1v) is 15.3. The molecule has 2 saturated heterocycles. The van der Waals surface area contributed by atoms with E-state index in [1.807, 2.05) is 35.2 Å². The van der Waals surface area contributed by atoms with E-state index in [-0.39, 0.29) is 11.6 Å². The van der Waals surface area contributed by atoms with Crippen molar-refractivity contribution in [3.63, 3.8) is 0 Å². The summed E-state index contributed by atoms with van der Waals surface area (Å²) in [6.45, 7) is 6.34. The molecule has 2 fully saturated rings. The number of alkyl halides is 3. The average Bonchev–Trinajstić information content (AvgIpc) is 3.44. The Kier molecular flexibility index (Phi) is 8.36. The van der Waals surface area contributed by atoms with Crippen LogP contribution in [0.15, 0.2) is 48.7 Å². The number of anilines is 2. The van der Waals surface area contributed by atoms with Crippen molar-refractivity contribution in [1.82, 2.24) is 24.3 Å². The summed E-state index contributed by atoms with van der Waals surface area (Å²) >= 11 is 0. The second kappa shape index (κ2) is 12.2. The number of nitrogens with one attached hydrogen (secondary N) is 1. The summed E-state index contributed by atoms with van der Waals surface area (Å²) in [7, 11) is 0. The normalized spacial score (nSPS) is 21.7. The Morgan fingerprint density at radius 2 is 1.77 bits per heavy atom. The number of piperidine rings is 1. The van der Waals surface area contributed by atoms with Crippen molar-refractivity contribution in [2.24, 2.45) is 0 Å². The van der Waals surface area contributed by atoms with Crippen LogP contribution in [0.3, 0.4) is 0 Å². The number of halogens is 3. The van der Waals surface area contributed by atoms with Crippen molar-refractivity contribution in [3.05, 3.63) is 71.6 Å². The van der Waals surface area contributed by atoms with Crippen molar-refractivity contribution in [1.29, 1.82) is 0 Å². The molecule has 5 heterocycles. The van der Waals surface area contributed by atoms with Crippen LogP contribution in [0.2, 0.25) is 0 Å². The third-order valence-electron chi connectivity index (χ3n) is 9.31.